The first kappa shape index (κ1) is 19.1. The highest BCUT2D eigenvalue weighted by molar-refractivity contribution is 5.10. The molecule has 156 valence electrons. The lowest BCUT2D eigenvalue weighted by Gasteiger charge is -2.50. The van der Waals surface area contributed by atoms with Crippen LogP contribution in [0.1, 0.15) is 43.0 Å². The first-order valence-electron chi connectivity index (χ1n) is 10.5. The van der Waals surface area contributed by atoms with E-state index in [0.29, 0.717) is 30.4 Å². The lowest BCUT2D eigenvalue weighted by molar-refractivity contribution is -0.153. The van der Waals surface area contributed by atoms with Crippen molar-refractivity contribution in [1.82, 2.24) is 24.9 Å². The van der Waals surface area contributed by atoms with Crippen LogP contribution in [-0.4, -0.2) is 69.4 Å². The van der Waals surface area contributed by atoms with Gasteiger partial charge in [0.15, 0.2) is 5.82 Å². The number of nitrogens with zero attached hydrogens (tertiary/aromatic N) is 5. The van der Waals surface area contributed by atoms with Gasteiger partial charge in [-0.2, -0.15) is 4.98 Å². The third kappa shape index (κ3) is 4.07. The summed E-state index contributed by atoms with van der Waals surface area (Å²) in [4.78, 5) is 13.8. The molecule has 1 unspecified atom stereocenters. The molecular weight excluding hydrogens is 370 g/mol. The monoisotopic (exact) mass is 399 g/mol. The van der Waals surface area contributed by atoms with Crippen LogP contribution in [0.2, 0.25) is 0 Å². The molecule has 0 aliphatic carbocycles. The Labute approximate surface area is 171 Å². The van der Waals surface area contributed by atoms with E-state index in [2.05, 4.69) is 31.0 Å². The van der Waals surface area contributed by atoms with Crippen molar-refractivity contribution < 1.29 is 14.0 Å². The Hall–Kier alpha value is -1.87. The molecule has 3 saturated heterocycles. The van der Waals surface area contributed by atoms with Gasteiger partial charge in [-0.3, -0.25) is 14.8 Å². The van der Waals surface area contributed by atoms with Crippen molar-refractivity contribution in [2.75, 3.05) is 26.8 Å². The lowest BCUT2D eigenvalue weighted by Crippen LogP contribution is -2.59. The quantitative estimate of drug-likeness (QED) is 0.730. The van der Waals surface area contributed by atoms with Gasteiger partial charge in [0, 0.05) is 51.2 Å². The zero-order valence-corrected chi connectivity index (χ0v) is 17.0. The maximum atomic E-state index is 6.44. The molecule has 3 aliphatic heterocycles. The Morgan fingerprint density at radius 1 is 1.24 bits per heavy atom. The molecular formula is C21H29N5O3. The Balaban J connectivity index is 1.24. The van der Waals surface area contributed by atoms with Crippen LogP contribution in [0.4, 0.5) is 0 Å². The minimum Gasteiger partial charge on any atom is -0.377 e. The third-order valence-electron chi connectivity index (χ3n) is 6.54. The number of piperidine rings is 1. The second-order valence-corrected chi connectivity index (χ2v) is 8.61. The van der Waals surface area contributed by atoms with Crippen LogP contribution in [-0.2, 0) is 29.2 Å². The van der Waals surface area contributed by atoms with Gasteiger partial charge < -0.3 is 14.0 Å². The van der Waals surface area contributed by atoms with Crippen molar-refractivity contribution in [2.24, 2.45) is 0 Å². The van der Waals surface area contributed by atoms with Gasteiger partial charge in [0.05, 0.1) is 18.8 Å². The van der Waals surface area contributed by atoms with E-state index in [9.17, 15) is 0 Å². The number of aromatic nitrogens is 3. The van der Waals surface area contributed by atoms with Gasteiger partial charge in [-0.25, -0.2) is 0 Å². The zero-order chi connectivity index (χ0) is 19.7. The van der Waals surface area contributed by atoms with Gasteiger partial charge in [0.2, 0.25) is 5.89 Å². The van der Waals surface area contributed by atoms with Crippen molar-refractivity contribution in [3.8, 4) is 0 Å². The summed E-state index contributed by atoms with van der Waals surface area (Å²) in [6, 6.07) is 5.21. The molecule has 5 heterocycles. The molecule has 3 aliphatic rings. The molecule has 0 aromatic carbocycles. The predicted molar refractivity (Wildman–Crippen MR) is 105 cm³/mol. The highest BCUT2D eigenvalue weighted by atomic mass is 16.5. The van der Waals surface area contributed by atoms with E-state index < -0.39 is 0 Å². The van der Waals surface area contributed by atoms with Crippen LogP contribution in [0.25, 0.3) is 0 Å². The van der Waals surface area contributed by atoms with Crippen LogP contribution in [0, 0.1) is 0 Å². The topological polar surface area (TPSA) is 76.8 Å². The van der Waals surface area contributed by atoms with Gasteiger partial charge in [-0.05, 0) is 37.3 Å². The number of ether oxygens (including phenoxy) is 2. The number of methoxy groups -OCH3 is 1. The highest BCUT2D eigenvalue weighted by Gasteiger charge is 2.50. The third-order valence-corrected chi connectivity index (χ3v) is 6.54. The number of hydrogen-bond acceptors (Lipinski definition) is 8. The minimum absolute atomic E-state index is 0.0289. The fraction of sp³-hybridized carbons (Fsp3) is 0.667. The Bertz CT molecular complexity index is 800. The summed E-state index contributed by atoms with van der Waals surface area (Å²) >= 11 is 0. The van der Waals surface area contributed by atoms with Crippen molar-refractivity contribution in [2.45, 2.75) is 63.1 Å². The number of pyridine rings is 1. The summed E-state index contributed by atoms with van der Waals surface area (Å²) in [7, 11) is 1.64. The van der Waals surface area contributed by atoms with Gasteiger partial charge in [-0.1, -0.05) is 11.2 Å². The summed E-state index contributed by atoms with van der Waals surface area (Å²) in [6.07, 6.45) is 8.39. The van der Waals surface area contributed by atoms with E-state index in [-0.39, 0.29) is 5.60 Å². The van der Waals surface area contributed by atoms with Crippen molar-refractivity contribution in [3.63, 3.8) is 0 Å². The number of fused-ring (bicyclic) bond motifs is 2. The minimum atomic E-state index is -0.0289. The van der Waals surface area contributed by atoms with Crippen LogP contribution in [0.5, 0.6) is 0 Å². The summed E-state index contributed by atoms with van der Waals surface area (Å²) in [5.41, 5.74) is 1.24. The Morgan fingerprint density at radius 2 is 2.10 bits per heavy atom. The van der Waals surface area contributed by atoms with Crippen LogP contribution in [0.3, 0.4) is 0 Å². The molecule has 2 aromatic heterocycles. The van der Waals surface area contributed by atoms with E-state index in [4.69, 9.17) is 14.0 Å². The van der Waals surface area contributed by atoms with Crippen molar-refractivity contribution in [3.05, 3.63) is 41.8 Å². The molecule has 2 bridgehead atoms. The molecule has 8 nitrogen and oxygen atoms in total. The maximum Gasteiger partial charge on any atom is 0.240 e. The molecule has 3 atom stereocenters. The Morgan fingerprint density at radius 3 is 2.86 bits per heavy atom. The molecule has 3 fully saturated rings. The molecule has 0 saturated carbocycles. The largest absolute Gasteiger partial charge is 0.377 e. The number of rotatable bonds is 6. The fourth-order valence-corrected chi connectivity index (χ4v) is 5.41. The first-order chi connectivity index (χ1) is 14.2. The zero-order valence-electron chi connectivity index (χ0n) is 17.0. The van der Waals surface area contributed by atoms with Crippen molar-refractivity contribution >= 4 is 0 Å². The van der Waals surface area contributed by atoms with E-state index >= 15 is 0 Å². The van der Waals surface area contributed by atoms with Gasteiger partial charge in [-0.15, -0.1) is 0 Å². The number of morpholine rings is 1. The average molecular weight is 399 g/mol. The molecule has 29 heavy (non-hydrogen) atoms. The second-order valence-electron chi connectivity index (χ2n) is 8.61. The lowest BCUT2D eigenvalue weighted by atomic mass is 9.84. The van der Waals surface area contributed by atoms with Crippen LogP contribution < -0.4 is 0 Å². The van der Waals surface area contributed by atoms with Gasteiger partial charge in [0.25, 0.3) is 0 Å². The average Bonchev–Trinajstić information content (AvgIpc) is 3.26. The number of hydrogen-bond donors (Lipinski definition) is 0. The molecule has 0 amide bonds. The first-order valence-corrected chi connectivity index (χ1v) is 10.5. The maximum absolute atomic E-state index is 6.44. The van der Waals surface area contributed by atoms with E-state index in [1.54, 1.807) is 7.11 Å². The fourth-order valence-electron chi connectivity index (χ4n) is 5.41. The van der Waals surface area contributed by atoms with Crippen LogP contribution >= 0.6 is 0 Å². The summed E-state index contributed by atoms with van der Waals surface area (Å²) in [6.45, 7) is 4.86. The molecule has 1 spiro atoms. The van der Waals surface area contributed by atoms with Gasteiger partial charge in [0.1, 0.15) is 6.61 Å². The van der Waals surface area contributed by atoms with Crippen LogP contribution in [0.15, 0.2) is 29.0 Å². The summed E-state index contributed by atoms with van der Waals surface area (Å²) in [5, 5.41) is 4.00. The molecule has 5 rings (SSSR count). The SMILES string of the molecule is COCc1noc(CN2[C@@H]3CC[C@H]2CC2(C3)CN(Cc3cccnc3)CCO2)n1. The van der Waals surface area contributed by atoms with E-state index in [1.807, 2.05) is 18.5 Å². The summed E-state index contributed by atoms with van der Waals surface area (Å²) in [5.74, 6) is 1.30. The van der Waals surface area contributed by atoms with Crippen molar-refractivity contribution in [1.29, 1.82) is 0 Å². The second kappa shape index (κ2) is 8.10. The summed E-state index contributed by atoms with van der Waals surface area (Å²) < 4.78 is 17.0. The highest BCUT2D eigenvalue weighted by Crippen LogP contribution is 2.44. The Kier molecular flexibility index (Phi) is 5.34. The van der Waals surface area contributed by atoms with E-state index in [1.165, 1.54) is 18.4 Å². The molecule has 2 aromatic rings. The molecule has 0 N–H and O–H groups in total. The standard InChI is InChI=1S/C21H29N5O3/c1-27-14-19-23-20(29-24-19)13-26-17-4-5-18(26)10-21(9-17)15-25(7-8-28-21)12-16-3-2-6-22-11-16/h2-3,6,11,17-18H,4-5,7-10,12-15H2,1H3/t17-,18+,21?. The smallest absolute Gasteiger partial charge is 0.240 e. The van der Waals surface area contributed by atoms with E-state index in [0.717, 1.165) is 45.6 Å². The molecule has 8 heteroatoms. The normalized spacial score (nSPS) is 30.2. The predicted octanol–water partition coefficient (Wildman–Crippen LogP) is 2.01. The molecule has 0 radical (unpaired) electrons. The van der Waals surface area contributed by atoms with Gasteiger partial charge >= 0.3 is 0 Å².